The highest BCUT2D eigenvalue weighted by molar-refractivity contribution is 5.77. The molecule has 2 atom stereocenters. The van der Waals surface area contributed by atoms with Gasteiger partial charge in [-0.25, -0.2) is 0 Å². The van der Waals surface area contributed by atoms with E-state index in [9.17, 15) is 4.79 Å². The maximum atomic E-state index is 12.1. The molecular weight excluding hydrogens is 224 g/mol. The highest BCUT2D eigenvalue weighted by atomic mass is 16.5. The molecule has 2 fully saturated rings. The van der Waals surface area contributed by atoms with Crippen molar-refractivity contribution in [1.29, 1.82) is 0 Å². The van der Waals surface area contributed by atoms with Crippen molar-refractivity contribution in [3.8, 4) is 0 Å². The monoisotopic (exact) mass is 246 g/mol. The van der Waals surface area contributed by atoms with Crippen LogP contribution in [0.3, 0.4) is 0 Å². The Hall–Kier alpha value is -1.05. The minimum absolute atomic E-state index is 0.000904. The highest BCUT2D eigenvalue weighted by Crippen LogP contribution is 2.48. The van der Waals surface area contributed by atoms with E-state index < -0.39 is 0 Å². The van der Waals surface area contributed by atoms with Gasteiger partial charge in [0.15, 0.2) is 0 Å². The van der Waals surface area contributed by atoms with Gasteiger partial charge in [-0.05, 0) is 68.9 Å². The fraction of sp³-hybridized carbons (Fsp3) is 0.688. The molecule has 0 aromatic carbocycles. The van der Waals surface area contributed by atoms with Crippen molar-refractivity contribution < 1.29 is 9.53 Å². The lowest BCUT2D eigenvalue weighted by Crippen LogP contribution is -2.28. The molecule has 0 aliphatic heterocycles. The molecule has 0 radical (unpaired) electrons. The zero-order valence-corrected chi connectivity index (χ0v) is 11.2. The van der Waals surface area contributed by atoms with Crippen molar-refractivity contribution >= 4 is 5.97 Å². The number of fused-ring (bicyclic) bond motifs is 2. The second-order valence-corrected chi connectivity index (χ2v) is 5.68. The molecule has 0 aromatic rings. The summed E-state index contributed by atoms with van der Waals surface area (Å²) in [6.45, 7) is 2.39. The number of esters is 1. The number of ether oxygens (including phenoxy) is 1. The Morgan fingerprint density at radius 3 is 2.94 bits per heavy atom. The third-order valence-electron chi connectivity index (χ3n) is 4.68. The van der Waals surface area contributed by atoms with E-state index in [1.807, 2.05) is 6.92 Å². The molecule has 0 aromatic heterocycles. The molecule has 18 heavy (non-hydrogen) atoms. The first-order valence-electron chi connectivity index (χ1n) is 7.41. The fourth-order valence-electron chi connectivity index (χ4n) is 3.93. The summed E-state index contributed by atoms with van der Waals surface area (Å²) in [6.07, 6.45) is 10.9. The number of allylic oxidation sites excluding steroid dienone is 3. The highest BCUT2D eigenvalue weighted by Gasteiger charge is 2.39. The molecule has 0 N–H and O–H groups in total. The molecule has 2 saturated carbocycles. The molecule has 98 valence electrons. The zero-order chi connectivity index (χ0) is 12.5. The third-order valence-corrected chi connectivity index (χ3v) is 4.68. The van der Waals surface area contributed by atoms with E-state index in [1.165, 1.54) is 50.5 Å². The van der Waals surface area contributed by atoms with Crippen molar-refractivity contribution in [2.75, 3.05) is 6.61 Å². The van der Waals surface area contributed by atoms with Gasteiger partial charge in [-0.3, -0.25) is 4.79 Å². The van der Waals surface area contributed by atoms with Crippen molar-refractivity contribution in [2.45, 2.75) is 51.9 Å². The molecule has 0 spiro atoms. The summed E-state index contributed by atoms with van der Waals surface area (Å²) >= 11 is 0. The smallest absolute Gasteiger partial charge is 0.313 e. The molecule has 0 bridgehead atoms. The van der Waals surface area contributed by atoms with Crippen LogP contribution in [0, 0.1) is 11.8 Å². The summed E-state index contributed by atoms with van der Waals surface area (Å²) in [5, 5.41) is 0. The second kappa shape index (κ2) is 4.91. The summed E-state index contributed by atoms with van der Waals surface area (Å²) in [4.78, 5) is 12.1. The number of hydrogen-bond acceptors (Lipinski definition) is 2. The van der Waals surface area contributed by atoms with Gasteiger partial charge in [0, 0.05) is 0 Å². The van der Waals surface area contributed by atoms with Gasteiger partial charge in [0.2, 0.25) is 0 Å². The topological polar surface area (TPSA) is 26.3 Å². The van der Waals surface area contributed by atoms with E-state index in [4.69, 9.17) is 4.74 Å². The van der Waals surface area contributed by atoms with E-state index >= 15 is 0 Å². The molecule has 3 aliphatic carbocycles. The Morgan fingerprint density at radius 2 is 2.11 bits per heavy atom. The van der Waals surface area contributed by atoms with E-state index in [-0.39, 0.29) is 11.9 Å². The zero-order valence-electron chi connectivity index (χ0n) is 11.2. The lowest BCUT2D eigenvalue weighted by Gasteiger charge is -2.32. The summed E-state index contributed by atoms with van der Waals surface area (Å²) in [6, 6.07) is 0. The van der Waals surface area contributed by atoms with E-state index in [0.29, 0.717) is 12.5 Å². The quantitative estimate of drug-likeness (QED) is 0.693. The van der Waals surface area contributed by atoms with Crippen LogP contribution in [-0.4, -0.2) is 12.6 Å². The first kappa shape index (κ1) is 12.0. The largest absolute Gasteiger partial charge is 0.466 e. The van der Waals surface area contributed by atoms with Gasteiger partial charge < -0.3 is 4.74 Å². The summed E-state index contributed by atoms with van der Waals surface area (Å²) in [5.41, 5.74) is 4.68. The molecule has 0 heterocycles. The van der Waals surface area contributed by atoms with Crippen LogP contribution < -0.4 is 0 Å². The lowest BCUT2D eigenvalue weighted by atomic mass is 9.73. The Bertz CT molecular complexity index is 417. The molecular formula is C16H22O2. The second-order valence-electron chi connectivity index (χ2n) is 5.68. The Labute approximate surface area is 109 Å². The molecule has 3 rings (SSSR count). The first-order valence-corrected chi connectivity index (χ1v) is 7.41. The van der Waals surface area contributed by atoms with E-state index in [0.717, 1.165) is 0 Å². The van der Waals surface area contributed by atoms with Crippen molar-refractivity contribution in [2.24, 2.45) is 11.8 Å². The van der Waals surface area contributed by atoms with Crippen LogP contribution in [0.5, 0.6) is 0 Å². The average molecular weight is 246 g/mol. The SMILES string of the molecule is CCOC(=O)C1C=C2CCCCC2=C2CCCC21. The fourth-order valence-corrected chi connectivity index (χ4v) is 3.93. The normalized spacial score (nSPS) is 30.6. The number of hydrogen-bond donors (Lipinski definition) is 0. The summed E-state index contributed by atoms with van der Waals surface area (Å²) in [7, 11) is 0. The Kier molecular flexibility index (Phi) is 3.27. The standard InChI is InChI=1S/C16H22O2/c1-2-18-16(17)15-10-11-6-3-4-7-12(11)13-8-5-9-14(13)15/h10,14-15H,2-9H2,1H3. The molecule has 3 aliphatic rings. The first-order chi connectivity index (χ1) is 8.81. The predicted molar refractivity (Wildman–Crippen MR) is 71.0 cm³/mol. The van der Waals surface area contributed by atoms with Gasteiger partial charge >= 0.3 is 5.97 Å². The van der Waals surface area contributed by atoms with Crippen molar-refractivity contribution in [3.05, 3.63) is 22.8 Å². The van der Waals surface area contributed by atoms with Crippen LogP contribution in [0.1, 0.15) is 51.9 Å². The van der Waals surface area contributed by atoms with Crippen LogP contribution >= 0.6 is 0 Å². The van der Waals surface area contributed by atoms with Crippen molar-refractivity contribution in [1.82, 2.24) is 0 Å². The predicted octanol–water partition coefficient (Wildman–Crippen LogP) is 3.78. The van der Waals surface area contributed by atoms with Gasteiger partial charge in [0.1, 0.15) is 0 Å². The van der Waals surface area contributed by atoms with Crippen LogP contribution in [0.4, 0.5) is 0 Å². The van der Waals surface area contributed by atoms with E-state index in [1.54, 1.807) is 11.1 Å². The maximum absolute atomic E-state index is 12.1. The number of carbonyl (C=O) groups is 1. The van der Waals surface area contributed by atoms with E-state index in [2.05, 4.69) is 6.08 Å². The lowest BCUT2D eigenvalue weighted by molar-refractivity contribution is -0.147. The van der Waals surface area contributed by atoms with Gasteiger partial charge in [0.25, 0.3) is 0 Å². The van der Waals surface area contributed by atoms with Gasteiger partial charge in [-0.2, -0.15) is 0 Å². The Balaban J connectivity index is 1.92. The van der Waals surface area contributed by atoms with Gasteiger partial charge in [-0.1, -0.05) is 11.6 Å². The van der Waals surface area contributed by atoms with Crippen LogP contribution in [0.15, 0.2) is 22.8 Å². The summed E-state index contributed by atoms with van der Waals surface area (Å²) < 4.78 is 5.26. The molecule has 0 amide bonds. The number of carbonyl (C=O) groups excluding carboxylic acids is 1. The molecule has 2 unspecified atom stereocenters. The van der Waals surface area contributed by atoms with Crippen LogP contribution in [0.2, 0.25) is 0 Å². The van der Waals surface area contributed by atoms with Crippen LogP contribution in [0.25, 0.3) is 0 Å². The Morgan fingerprint density at radius 1 is 1.28 bits per heavy atom. The van der Waals surface area contributed by atoms with Crippen molar-refractivity contribution in [3.63, 3.8) is 0 Å². The van der Waals surface area contributed by atoms with Crippen LogP contribution in [-0.2, 0) is 9.53 Å². The van der Waals surface area contributed by atoms with Gasteiger partial charge in [0.05, 0.1) is 12.5 Å². The summed E-state index contributed by atoms with van der Waals surface area (Å²) in [5.74, 6) is 0.472. The third kappa shape index (κ3) is 1.92. The minimum Gasteiger partial charge on any atom is -0.466 e. The molecule has 0 saturated heterocycles. The molecule has 2 heteroatoms. The maximum Gasteiger partial charge on any atom is 0.313 e. The number of rotatable bonds is 2. The van der Waals surface area contributed by atoms with Gasteiger partial charge in [-0.15, -0.1) is 0 Å². The molecule has 2 nitrogen and oxygen atoms in total. The minimum atomic E-state index is -0.000904. The average Bonchev–Trinajstić information content (AvgIpc) is 2.87.